The van der Waals surface area contributed by atoms with Crippen molar-refractivity contribution in [3.8, 4) is 22.3 Å². The molecule has 2 heterocycles. The lowest BCUT2D eigenvalue weighted by Crippen LogP contribution is -2.27. The van der Waals surface area contributed by atoms with Gasteiger partial charge in [-0.25, -0.2) is 0 Å². The maximum absolute atomic E-state index is 7.61. The number of furan rings is 1. The average Bonchev–Trinajstić information content (AvgIpc) is 1.67. The molecule has 0 amide bonds. The summed E-state index contributed by atoms with van der Waals surface area (Å²) in [5.41, 5.74) is 22.8. The molecule has 2 aromatic heterocycles. The molecule has 0 saturated heterocycles. The zero-order valence-electron chi connectivity index (χ0n) is 49.7. The van der Waals surface area contributed by atoms with Gasteiger partial charge in [0.1, 0.15) is 11.2 Å². The zero-order chi connectivity index (χ0) is 57.9. The Labute approximate surface area is 503 Å². The van der Waals surface area contributed by atoms with E-state index in [-0.39, 0.29) is 21.7 Å². The molecule has 0 N–H and O–H groups in total. The number of para-hydroxylation sites is 1. The van der Waals surface area contributed by atoms with Crippen molar-refractivity contribution in [1.82, 2.24) is 0 Å². The van der Waals surface area contributed by atoms with E-state index < -0.39 is 5.41 Å². The van der Waals surface area contributed by atoms with E-state index in [2.05, 4.69) is 263 Å². The third kappa shape index (κ3) is 8.40. The molecule has 0 bridgehead atoms. The second-order valence-electron chi connectivity index (χ2n) is 27.5. The molecule has 0 atom stereocenters. The van der Waals surface area contributed by atoms with Crippen molar-refractivity contribution < 1.29 is 4.42 Å². The van der Waals surface area contributed by atoms with E-state index in [0.29, 0.717) is 10.0 Å². The molecule has 6 heteroatoms. The van der Waals surface area contributed by atoms with Gasteiger partial charge in [-0.3, -0.25) is 0 Å². The standard InChI is InChI=1S/C77H70Cl2N2OS/c1-73(2,3)45-21-31-51(32-22-45)80(52-33-23-46(24-34-52)74(4,5)6)63-43-61-69(71-67(63)57-17-13-15-19-65(57)82-71)70-62(77(61)59-41-49(78)29-39-55(59)56-40-30-50(79)42-60(56)77)44-64(68-58-18-14-16-20-66(58)83-72(68)70)81(53-35-25-47(26-36-53)75(7,8)9)54-37-27-48(28-38-54)76(10,11)12/h13,15-17,19-44H,14,18H2,1-12H3. The smallest absolute Gasteiger partial charge is 0.145 e. The summed E-state index contributed by atoms with van der Waals surface area (Å²) in [5.74, 6) is 0. The maximum Gasteiger partial charge on any atom is 0.145 e. The Kier molecular flexibility index (Phi) is 12.2. The number of hydrogen-bond acceptors (Lipinski definition) is 4. The minimum Gasteiger partial charge on any atom is -0.455 e. The third-order valence-corrected chi connectivity index (χ3v) is 19.8. The van der Waals surface area contributed by atoms with Gasteiger partial charge in [0.15, 0.2) is 0 Å². The van der Waals surface area contributed by atoms with Crippen LogP contribution in [0.2, 0.25) is 10.0 Å². The summed E-state index contributed by atoms with van der Waals surface area (Å²) in [6, 6.07) is 63.8. The highest BCUT2D eigenvalue weighted by molar-refractivity contribution is 7.20. The van der Waals surface area contributed by atoms with Gasteiger partial charge >= 0.3 is 0 Å². The first kappa shape index (κ1) is 53.7. The number of anilines is 6. The van der Waals surface area contributed by atoms with E-state index in [1.54, 1.807) is 0 Å². The molecule has 414 valence electrons. The molecule has 0 fully saturated rings. The Balaban J connectivity index is 1.17. The minimum absolute atomic E-state index is 0.0243. The molecule has 3 aliphatic rings. The molecule has 0 radical (unpaired) electrons. The summed E-state index contributed by atoms with van der Waals surface area (Å²) in [5, 5.41) is 4.77. The molecule has 9 aromatic carbocycles. The van der Waals surface area contributed by atoms with Crippen molar-refractivity contribution in [3.63, 3.8) is 0 Å². The number of fused-ring (bicyclic) bond motifs is 18. The van der Waals surface area contributed by atoms with E-state index in [1.807, 2.05) is 23.5 Å². The number of halogens is 2. The van der Waals surface area contributed by atoms with Crippen molar-refractivity contribution in [2.45, 2.75) is 123 Å². The number of nitrogens with zero attached hydrogens (tertiary/aromatic N) is 2. The first-order chi connectivity index (χ1) is 39.5. The lowest BCUT2D eigenvalue weighted by atomic mass is 9.70. The van der Waals surface area contributed by atoms with Gasteiger partial charge in [0, 0.05) is 64.3 Å². The molecule has 0 saturated carbocycles. The predicted octanol–water partition coefficient (Wildman–Crippen LogP) is 23.5. The van der Waals surface area contributed by atoms with Crippen molar-refractivity contribution in [1.29, 1.82) is 0 Å². The largest absolute Gasteiger partial charge is 0.455 e. The fourth-order valence-corrected chi connectivity index (χ4v) is 15.4. The molecule has 11 aromatic rings. The molecular weight excluding hydrogens is 1070 g/mol. The van der Waals surface area contributed by atoms with E-state index in [0.717, 1.165) is 102 Å². The molecule has 3 nitrogen and oxygen atoms in total. The van der Waals surface area contributed by atoms with Crippen LogP contribution in [0.1, 0.15) is 144 Å². The van der Waals surface area contributed by atoms with E-state index in [9.17, 15) is 0 Å². The lowest BCUT2D eigenvalue weighted by Gasteiger charge is -2.34. The van der Waals surface area contributed by atoms with Crippen LogP contribution in [-0.2, 0) is 33.5 Å². The Morgan fingerprint density at radius 3 is 1.33 bits per heavy atom. The van der Waals surface area contributed by atoms with Crippen LogP contribution in [0, 0.1) is 0 Å². The minimum atomic E-state index is -0.925. The molecule has 1 spiro atoms. The van der Waals surface area contributed by atoms with Crippen LogP contribution < -0.4 is 9.80 Å². The lowest BCUT2D eigenvalue weighted by molar-refractivity contribution is 0.590. The molecule has 14 rings (SSSR count). The van der Waals surface area contributed by atoms with Gasteiger partial charge in [0.25, 0.3) is 0 Å². The summed E-state index contributed by atoms with van der Waals surface area (Å²) in [6.07, 6.45) is 6.63. The van der Waals surface area contributed by atoms with E-state index in [4.69, 9.17) is 27.6 Å². The van der Waals surface area contributed by atoms with Crippen LogP contribution >= 0.6 is 34.5 Å². The van der Waals surface area contributed by atoms with Crippen LogP contribution in [0.3, 0.4) is 0 Å². The summed E-state index contributed by atoms with van der Waals surface area (Å²) in [7, 11) is 0. The molecule has 0 aliphatic heterocycles. The van der Waals surface area contributed by atoms with Gasteiger partial charge in [0.2, 0.25) is 0 Å². The highest BCUT2D eigenvalue weighted by Gasteiger charge is 2.55. The Morgan fingerprint density at radius 1 is 0.458 bits per heavy atom. The first-order valence-electron chi connectivity index (χ1n) is 29.4. The average molecular weight is 1140 g/mol. The van der Waals surface area contributed by atoms with E-state index in [1.165, 1.54) is 53.9 Å². The number of hydrogen-bond donors (Lipinski definition) is 0. The van der Waals surface area contributed by atoms with Gasteiger partial charge in [-0.1, -0.05) is 191 Å². The molecule has 83 heavy (non-hydrogen) atoms. The number of thiophene rings is 1. The summed E-state index contributed by atoms with van der Waals surface area (Å²) in [6.45, 7) is 27.5. The van der Waals surface area contributed by atoms with Crippen LogP contribution in [0.4, 0.5) is 34.1 Å². The second kappa shape index (κ2) is 18.8. The number of rotatable bonds is 6. The number of allylic oxidation sites excluding steroid dienone is 1. The normalized spacial score (nSPS) is 14.3. The highest BCUT2D eigenvalue weighted by atomic mass is 35.5. The van der Waals surface area contributed by atoms with Crippen molar-refractivity contribution in [2.75, 3.05) is 9.80 Å². The van der Waals surface area contributed by atoms with E-state index >= 15 is 0 Å². The molecule has 3 aliphatic carbocycles. The summed E-state index contributed by atoms with van der Waals surface area (Å²) in [4.78, 5) is 6.32. The number of aryl methyl sites for hydroxylation is 1. The third-order valence-electron chi connectivity index (χ3n) is 18.1. The zero-order valence-corrected chi connectivity index (χ0v) is 52.0. The maximum atomic E-state index is 7.61. The van der Waals surface area contributed by atoms with Gasteiger partial charge in [-0.15, -0.1) is 11.3 Å². The predicted molar refractivity (Wildman–Crippen MR) is 357 cm³/mol. The monoisotopic (exact) mass is 1140 g/mol. The quantitative estimate of drug-likeness (QED) is 0.165. The van der Waals surface area contributed by atoms with Gasteiger partial charge in [-0.05, 0) is 193 Å². The fraction of sp³-hybridized carbons (Fsp3) is 0.247. The molecule has 0 unspecified atom stereocenters. The van der Waals surface area contributed by atoms with Gasteiger partial charge in [-0.2, -0.15) is 0 Å². The fourth-order valence-electron chi connectivity index (χ4n) is 13.7. The topological polar surface area (TPSA) is 19.6 Å². The van der Waals surface area contributed by atoms with Gasteiger partial charge in [0.05, 0.1) is 22.2 Å². The van der Waals surface area contributed by atoms with Crippen LogP contribution in [0.5, 0.6) is 0 Å². The van der Waals surface area contributed by atoms with Crippen molar-refractivity contribution in [3.05, 3.63) is 241 Å². The summed E-state index contributed by atoms with van der Waals surface area (Å²) < 4.78 is 8.86. The Hall–Kier alpha value is -7.34. The van der Waals surface area contributed by atoms with Crippen LogP contribution in [0.15, 0.2) is 180 Å². The van der Waals surface area contributed by atoms with Crippen molar-refractivity contribution in [2.24, 2.45) is 0 Å². The van der Waals surface area contributed by atoms with Crippen molar-refractivity contribution >= 4 is 107 Å². The number of benzene rings is 9. The first-order valence-corrected chi connectivity index (χ1v) is 31.0. The SMILES string of the molecule is CC(C)(C)c1ccc(N(c2ccc(C(C)(C)C)cc2)c2cc3c(c4sc5c(c24)CCC=C5)-c2c(cc(N(c4ccc(C(C)(C)C)cc4)c4ccc(C(C)(C)C)cc4)c4c2oc2ccccc24)C32c3cc(Cl)ccc3-c3ccc(Cl)cc32)cc1. The molecular formula is C77H70Cl2N2OS. The van der Waals surface area contributed by atoms with Crippen LogP contribution in [-0.4, -0.2) is 0 Å². The van der Waals surface area contributed by atoms with Crippen LogP contribution in [0.25, 0.3) is 60.4 Å². The highest BCUT2D eigenvalue weighted by Crippen LogP contribution is 2.69. The van der Waals surface area contributed by atoms with Gasteiger partial charge < -0.3 is 14.2 Å². The Morgan fingerprint density at radius 2 is 0.880 bits per heavy atom. The second-order valence-corrected chi connectivity index (χ2v) is 29.4. The Bertz CT molecular complexity index is 4300. The summed E-state index contributed by atoms with van der Waals surface area (Å²) >= 11 is 16.8.